The van der Waals surface area contributed by atoms with Gasteiger partial charge in [0.1, 0.15) is 0 Å². The van der Waals surface area contributed by atoms with Crippen LogP contribution < -0.4 is 5.32 Å². The summed E-state index contributed by atoms with van der Waals surface area (Å²) in [7, 11) is 0. The second-order valence-electron chi connectivity index (χ2n) is 4.01. The highest BCUT2D eigenvalue weighted by Gasteiger charge is 2.27. The molecule has 0 radical (unpaired) electrons. The molecule has 2 nitrogen and oxygen atoms in total. The van der Waals surface area contributed by atoms with Crippen LogP contribution in [0.15, 0.2) is 11.4 Å². The first-order valence-corrected chi connectivity index (χ1v) is 7.51. The fraction of sp³-hybridized carbons (Fsp3) is 0.583. The van der Waals surface area contributed by atoms with Gasteiger partial charge in [-0.15, -0.1) is 11.3 Å². The minimum Gasteiger partial charge on any atom is -0.345 e. The van der Waals surface area contributed by atoms with E-state index in [9.17, 15) is 4.79 Å². The predicted molar refractivity (Wildman–Crippen MR) is 73.6 cm³/mol. The first-order chi connectivity index (χ1) is 7.58. The highest BCUT2D eigenvalue weighted by Crippen LogP contribution is 2.21. The molecule has 0 aromatic carbocycles. The van der Waals surface area contributed by atoms with Gasteiger partial charge in [-0.05, 0) is 36.8 Å². The van der Waals surface area contributed by atoms with Gasteiger partial charge in [-0.1, -0.05) is 29.8 Å². The summed E-state index contributed by atoms with van der Waals surface area (Å²) >= 11 is 4.99. The maximum Gasteiger partial charge on any atom is 0.262 e. The minimum atomic E-state index is -0.118. The average molecular weight is 304 g/mol. The molecule has 0 fully saturated rings. The Bertz CT molecular complexity index is 349. The number of carbonyl (C=O) groups excluding carboxylic acids is 1. The van der Waals surface area contributed by atoms with Crippen LogP contribution in [0.5, 0.6) is 0 Å². The number of thiophene rings is 1. The van der Waals surface area contributed by atoms with Crippen molar-refractivity contribution in [1.82, 2.24) is 5.32 Å². The number of rotatable bonds is 5. The van der Waals surface area contributed by atoms with E-state index in [0.717, 1.165) is 28.6 Å². The lowest BCUT2D eigenvalue weighted by atomic mass is 9.95. The molecule has 1 aromatic rings. The number of alkyl halides is 1. The zero-order valence-corrected chi connectivity index (χ0v) is 12.4. The van der Waals surface area contributed by atoms with Gasteiger partial charge >= 0.3 is 0 Å². The van der Waals surface area contributed by atoms with Crippen molar-refractivity contribution in [1.29, 1.82) is 0 Å². The van der Waals surface area contributed by atoms with Crippen molar-refractivity contribution in [3.05, 3.63) is 21.9 Å². The van der Waals surface area contributed by atoms with Crippen LogP contribution >= 0.6 is 27.3 Å². The molecule has 1 amide bonds. The van der Waals surface area contributed by atoms with Gasteiger partial charge in [-0.2, -0.15) is 0 Å². The Balaban J connectivity index is 2.81. The number of hydrogen-bond donors (Lipinski definition) is 1. The van der Waals surface area contributed by atoms with Crippen molar-refractivity contribution >= 4 is 33.2 Å². The third-order valence-corrected chi connectivity index (χ3v) is 5.14. The smallest absolute Gasteiger partial charge is 0.262 e. The van der Waals surface area contributed by atoms with Crippen LogP contribution in [-0.4, -0.2) is 16.8 Å². The fourth-order valence-corrected chi connectivity index (χ4v) is 3.31. The summed E-state index contributed by atoms with van der Waals surface area (Å²) in [6, 6.07) is 1.98. The molecule has 4 heteroatoms. The van der Waals surface area contributed by atoms with Gasteiger partial charge < -0.3 is 5.32 Å². The zero-order valence-electron chi connectivity index (χ0n) is 9.97. The Morgan fingerprint density at radius 3 is 2.50 bits per heavy atom. The number of nitrogens with one attached hydrogen (secondary N) is 1. The molecule has 0 saturated carbocycles. The summed E-state index contributed by atoms with van der Waals surface area (Å²) in [6.07, 6.45) is 1.87. The molecular weight excluding hydrogens is 286 g/mol. The molecule has 0 aliphatic carbocycles. The van der Waals surface area contributed by atoms with E-state index in [1.807, 2.05) is 18.4 Å². The molecule has 1 aromatic heterocycles. The first kappa shape index (κ1) is 13.7. The Hall–Kier alpha value is -0.350. The largest absolute Gasteiger partial charge is 0.345 e. The number of hydrogen-bond acceptors (Lipinski definition) is 2. The Morgan fingerprint density at radius 2 is 2.12 bits per heavy atom. The van der Waals surface area contributed by atoms with Gasteiger partial charge in [-0.25, -0.2) is 0 Å². The quantitative estimate of drug-likeness (QED) is 0.825. The van der Waals surface area contributed by atoms with E-state index in [1.165, 1.54) is 11.3 Å². The summed E-state index contributed by atoms with van der Waals surface area (Å²) in [5.74, 6) is 0.0515. The molecule has 0 unspecified atom stereocenters. The Labute approximate surface area is 110 Å². The number of aryl methyl sites for hydroxylation is 1. The Morgan fingerprint density at radius 1 is 1.50 bits per heavy atom. The van der Waals surface area contributed by atoms with Crippen LogP contribution in [0.4, 0.5) is 0 Å². The molecule has 1 N–H and O–H groups in total. The molecule has 0 bridgehead atoms. The van der Waals surface area contributed by atoms with Crippen LogP contribution in [0.25, 0.3) is 0 Å². The summed E-state index contributed by atoms with van der Waals surface area (Å²) in [5, 5.41) is 5.90. The third-order valence-electron chi connectivity index (χ3n) is 3.06. The predicted octanol–water partition coefficient (Wildman–Crippen LogP) is 3.74. The summed E-state index contributed by atoms with van der Waals surface area (Å²) in [4.78, 5) is 12.9. The maximum absolute atomic E-state index is 12.1. The number of carbonyl (C=O) groups is 1. The molecule has 16 heavy (non-hydrogen) atoms. The fourth-order valence-electron chi connectivity index (χ4n) is 1.55. The minimum absolute atomic E-state index is 0.0515. The van der Waals surface area contributed by atoms with Crippen molar-refractivity contribution < 1.29 is 4.79 Å². The van der Waals surface area contributed by atoms with Crippen LogP contribution in [-0.2, 0) is 0 Å². The number of halogens is 1. The van der Waals surface area contributed by atoms with Crippen molar-refractivity contribution in [2.24, 2.45) is 0 Å². The van der Waals surface area contributed by atoms with Crippen molar-refractivity contribution in [3.63, 3.8) is 0 Å². The lowest BCUT2D eigenvalue weighted by molar-refractivity contribution is 0.0907. The second kappa shape index (κ2) is 5.82. The molecule has 0 saturated heterocycles. The highest BCUT2D eigenvalue weighted by molar-refractivity contribution is 9.09. The van der Waals surface area contributed by atoms with E-state index in [2.05, 4.69) is 35.1 Å². The van der Waals surface area contributed by atoms with Crippen LogP contribution in [0.3, 0.4) is 0 Å². The van der Waals surface area contributed by atoms with Crippen LogP contribution in [0.2, 0.25) is 0 Å². The van der Waals surface area contributed by atoms with Crippen LogP contribution in [0.1, 0.15) is 41.9 Å². The zero-order chi connectivity index (χ0) is 12.2. The van der Waals surface area contributed by atoms with E-state index in [-0.39, 0.29) is 11.4 Å². The van der Waals surface area contributed by atoms with Gasteiger partial charge in [0.2, 0.25) is 0 Å². The van der Waals surface area contributed by atoms with E-state index in [4.69, 9.17) is 0 Å². The second-order valence-corrected chi connectivity index (χ2v) is 5.48. The van der Waals surface area contributed by atoms with E-state index in [0.29, 0.717) is 0 Å². The van der Waals surface area contributed by atoms with Crippen molar-refractivity contribution in [3.8, 4) is 0 Å². The lowest BCUT2D eigenvalue weighted by Gasteiger charge is -2.30. The van der Waals surface area contributed by atoms with Gasteiger partial charge in [-0.3, -0.25) is 4.79 Å². The van der Waals surface area contributed by atoms with E-state index >= 15 is 0 Å². The first-order valence-electron chi connectivity index (χ1n) is 5.51. The van der Waals surface area contributed by atoms with Gasteiger partial charge in [0, 0.05) is 10.9 Å². The monoisotopic (exact) mass is 303 g/mol. The molecule has 1 rings (SSSR count). The SMILES string of the molecule is CCC(CC)(CBr)NC(=O)c1sccc1C. The molecule has 0 atom stereocenters. The highest BCUT2D eigenvalue weighted by atomic mass is 79.9. The standard InChI is InChI=1S/C12H18BrNOS/c1-4-12(5-2,8-13)14-11(15)10-9(3)6-7-16-10/h6-7H,4-5,8H2,1-3H3,(H,14,15). The van der Waals surface area contributed by atoms with Gasteiger partial charge in [0.25, 0.3) is 5.91 Å². The number of amides is 1. The Kier molecular flexibility index (Phi) is 4.99. The normalized spacial score (nSPS) is 11.5. The molecule has 0 aliphatic heterocycles. The third kappa shape index (κ3) is 2.86. The van der Waals surface area contributed by atoms with Crippen LogP contribution in [0, 0.1) is 6.92 Å². The summed E-state index contributed by atoms with van der Waals surface area (Å²) < 4.78 is 0. The molecule has 0 spiro atoms. The maximum atomic E-state index is 12.1. The topological polar surface area (TPSA) is 29.1 Å². The molecular formula is C12H18BrNOS. The van der Waals surface area contributed by atoms with Gasteiger partial charge in [0.05, 0.1) is 4.88 Å². The summed E-state index contributed by atoms with van der Waals surface area (Å²) in [6.45, 7) is 6.18. The molecule has 0 aliphatic rings. The average Bonchev–Trinajstić information content (AvgIpc) is 2.72. The van der Waals surface area contributed by atoms with Crippen molar-refractivity contribution in [2.45, 2.75) is 39.2 Å². The molecule has 1 heterocycles. The van der Waals surface area contributed by atoms with E-state index in [1.54, 1.807) is 0 Å². The van der Waals surface area contributed by atoms with Gasteiger partial charge in [0.15, 0.2) is 0 Å². The summed E-state index contributed by atoms with van der Waals surface area (Å²) in [5.41, 5.74) is 0.936. The van der Waals surface area contributed by atoms with E-state index < -0.39 is 0 Å². The molecule has 90 valence electrons. The lowest BCUT2D eigenvalue weighted by Crippen LogP contribution is -2.49. The van der Waals surface area contributed by atoms with Crippen molar-refractivity contribution in [2.75, 3.05) is 5.33 Å².